The highest BCUT2D eigenvalue weighted by atomic mass is 16.6. The van der Waals surface area contributed by atoms with Crippen LogP contribution in [0.1, 0.15) is 5.56 Å². The third-order valence-electron chi connectivity index (χ3n) is 3.94. The Kier molecular flexibility index (Phi) is 3.24. The van der Waals surface area contributed by atoms with Gasteiger partial charge in [0.1, 0.15) is 18.5 Å². The number of ether oxygens (including phenoxy) is 2. The summed E-state index contributed by atoms with van der Waals surface area (Å²) in [5, 5.41) is 0. The predicted octanol–water partition coefficient (Wildman–Crippen LogP) is 2.58. The summed E-state index contributed by atoms with van der Waals surface area (Å²) >= 11 is 0. The van der Waals surface area contributed by atoms with Crippen LogP contribution in [0.3, 0.4) is 0 Å². The number of fused-ring (bicyclic) bond motifs is 1. The second kappa shape index (κ2) is 5.39. The molecule has 4 heteroatoms. The van der Waals surface area contributed by atoms with E-state index in [-0.39, 0.29) is 17.9 Å². The average molecular weight is 293 g/mol. The fourth-order valence-electron chi connectivity index (χ4n) is 2.74. The fraction of sp³-hybridized carbons (Fsp3) is 0.222. The van der Waals surface area contributed by atoms with Crippen LogP contribution in [0.5, 0.6) is 0 Å². The van der Waals surface area contributed by atoms with E-state index < -0.39 is 0 Å². The van der Waals surface area contributed by atoms with Gasteiger partial charge in [-0.1, -0.05) is 42.5 Å². The minimum Gasteiger partial charge on any atom is -0.487 e. The number of carbonyl (C=O) groups excluding carboxylic acids is 1. The van der Waals surface area contributed by atoms with E-state index in [1.54, 1.807) is 0 Å². The van der Waals surface area contributed by atoms with Crippen LogP contribution in [-0.2, 0) is 20.9 Å². The van der Waals surface area contributed by atoms with Gasteiger partial charge in [-0.25, -0.2) is 4.99 Å². The van der Waals surface area contributed by atoms with Crippen molar-refractivity contribution in [2.45, 2.75) is 12.7 Å². The van der Waals surface area contributed by atoms with Gasteiger partial charge in [-0.15, -0.1) is 0 Å². The highest BCUT2D eigenvalue weighted by Crippen LogP contribution is 2.35. The highest BCUT2D eigenvalue weighted by Gasteiger charge is 2.37. The minimum absolute atomic E-state index is 0.0130. The second-order valence-corrected chi connectivity index (χ2v) is 5.47. The molecule has 1 aliphatic carbocycles. The number of benzene rings is 1. The molecular formula is C18H15NO3. The van der Waals surface area contributed by atoms with Crippen molar-refractivity contribution in [3.8, 4) is 0 Å². The van der Waals surface area contributed by atoms with Crippen LogP contribution in [0.4, 0.5) is 0 Å². The maximum absolute atomic E-state index is 11.6. The van der Waals surface area contributed by atoms with Crippen molar-refractivity contribution in [1.82, 2.24) is 0 Å². The monoisotopic (exact) mass is 293 g/mol. The first-order valence-corrected chi connectivity index (χ1v) is 7.32. The summed E-state index contributed by atoms with van der Waals surface area (Å²) in [6.45, 7) is 1.20. The van der Waals surface area contributed by atoms with E-state index in [1.807, 2.05) is 48.6 Å². The van der Waals surface area contributed by atoms with Crippen LogP contribution in [0.25, 0.3) is 0 Å². The Morgan fingerprint density at radius 2 is 2.05 bits per heavy atom. The number of nitrogens with zero attached hydrogens (tertiary/aromatic N) is 1. The Bertz CT molecular complexity index is 724. The molecule has 4 nitrogen and oxygen atoms in total. The molecule has 2 atom stereocenters. The van der Waals surface area contributed by atoms with Crippen molar-refractivity contribution in [3.05, 3.63) is 71.5 Å². The number of epoxide rings is 1. The van der Waals surface area contributed by atoms with Gasteiger partial charge in [0.05, 0.1) is 12.3 Å². The molecule has 0 saturated carbocycles. The van der Waals surface area contributed by atoms with Crippen LogP contribution in [-0.4, -0.2) is 24.3 Å². The Labute approximate surface area is 128 Å². The Morgan fingerprint density at radius 1 is 1.23 bits per heavy atom. The number of allylic oxidation sites excluding steroid dienone is 4. The minimum atomic E-state index is -0.238. The van der Waals surface area contributed by atoms with Gasteiger partial charge in [0.2, 0.25) is 0 Å². The van der Waals surface area contributed by atoms with Crippen molar-refractivity contribution < 1.29 is 14.3 Å². The van der Waals surface area contributed by atoms with Gasteiger partial charge in [-0.05, 0) is 17.2 Å². The molecule has 4 rings (SSSR count). The summed E-state index contributed by atoms with van der Waals surface area (Å²) in [6, 6.07) is 9.94. The quantitative estimate of drug-likeness (QED) is 0.802. The number of amides is 1. The van der Waals surface area contributed by atoms with Gasteiger partial charge >= 0.3 is 0 Å². The first-order chi connectivity index (χ1) is 10.8. The van der Waals surface area contributed by atoms with Crippen molar-refractivity contribution in [2.75, 3.05) is 6.61 Å². The molecule has 0 bridgehead atoms. The normalized spacial score (nSPS) is 25.8. The molecule has 0 radical (unpaired) electrons. The van der Waals surface area contributed by atoms with Crippen LogP contribution >= 0.6 is 0 Å². The van der Waals surface area contributed by atoms with Crippen LogP contribution in [0, 0.1) is 5.92 Å². The Morgan fingerprint density at radius 3 is 2.82 bits per heavy atom. The lowest BCUT2D eigenvalue weighted by molar-refractivity contribution is -0.113. The smallest absolute Gasteiger partial charge is 0.269 e. The number of hydrogen-bond acceptors (Lipinski definition) is 3. The van der Waals surface area contributed by atoms with E-state index in [2.05, 4.69) is 4.99 Å². The molecular weight excluding hydrogens is 278 g/mol. The zero-order valence-electron chi connectivity index (χ0n) is 11.9. The maximum atomic E-state index is 11.6. The standard InChI is InChI=1S/C18H15NO3/c20-17-9-7-14-13(16-11-22-16)6-8-15(18(14)19-17)21-10-12-4-2-1-3-5-12/h1-9,14,16H,10-11H2/t14?,16-/m0/s1. The van der Waals surface area contributed by atoms with E-state index in [4.69, 9.17) is 9.47 Å². The van der Waals surface area contributed by atoms with Crippen LogP contribution in [0.15, 0.2) is 71.0 Å². The number of aliphatic imine (C=N–C) groups is 1. The molecule has 1 saturated heterocycles. The predicted molar refractivity (Wildman–Crippen MR) is 82.2 cm³/mol. The molecule has 1 unspecified atom stereocenters. The van der Waals surface area contributed by atoms with Crippen molar-refractivity contribution in [2.24, 2.45) is 10.9 Å². The topological polar surface area (TPSA) is 51.2 Å². The molecule has 0 aromatic heterocycles. The summed E-state index contributed by atoms with van der Waals surface area (Å²) in [7, 11) is 0. The molecule has 110 valence electrons. The number of dihydropyridines is 1. The summed E-state index contributed by atoms with van der Waals surface area (Å²) in [5.74, 6) is 0.412. The third-order valence-corrected chi connectivity index (χ3v) is 3.94. The SMILES string of the molecule is O=C1C=CC2C([C@@H]3CO3)=CC=C(OCc3ccccc3)C2=N1. The van der Waals surface area contributed by atoms with E-state index in [1.165, 1.54) is 6.08 Å². The zero-order chi connectivity index (χ0) is 14.9. The number of hydrogen-bond donors (Lipinski definition) is 0. The highest BCUT2D eigenvalue weighted by molar-refractivity contribution is 6.13. The van der Waals surface area contributed by atoms with Gasteiger partial charge in [0, 0.05) is 12.0 Å². The molecule has 2 aliphatic heterocycles. The molecule has 1 aromatic carbocycles. The molecule has 1 aromatic rings. The van der Waals surface area contributed by atoms with Crippen molar-refractivity contribution in [3.63, 3.8) is 0 Å². The summed E-state index contributed by atoms with van der Waals surface area (Å²) < 4.78 is 11.3. The molecule has 0 N–H and O–H groups in total. The largest absolute Gasteiger partial charge is 0.487 e. The third kappa shape index (κ3) is 2.53. The van der Waals surface area contributed by atoms with Crippen molar-refractivity contribution >= 4 is 11.6 Å². The molecule has 2 heterocycles. The van der Waals surface area contributed by atoms with Gasteiger partial charge < -0.3 is 9.47 Å². The first kappa shape index (κ1) is 13.2. The summed E-state index contributed by atoms with van der Waals surface area (Å²) in [4.78, 5) is 15.8. The maximum Gasteiger partial charge on any atom is 0.269 e. The number of rotatable bonds is 4. The van der Waals surface area contributed by atoms with Gasteiger partial charge in [-0.2, -0.15) is 0 Å². The molecule has 0 spiro atoms. The lowest BCUT2D eigenvalue weighted by Gasteiger charge is -2.25. The molecule has 1 amide bonds. The zero-order valence-corrected chi connectivity index (χ0v) is 11.9. The van der Waals surface area contributed by atoms with Gasteiger partial charge in [-0.3, -0.25) is 4.79 Å². The molecule has 1 fully saturated rings. The van der Waals surface area contributed by atoms with E-state index >= 15 is 0 Å². The molecule has 22 heavy (non-hydrogen) atoms. The van der Waals surface area contributed by atoms with E-state index in [0.717, 1.165) is 17.7 Å². The summed E-state index contributed by atoms with van der Waals surface area (Å²) in [6.07, 6.45) is 7.48. The van der Waals surface area contributed by atoms with Crippen LogP contribution in [0.2, 0.25) is 0 Å². The Balaban J connectivity index is 1.59. The molecule has 3 aliphatic rings. The second-order valence-electron chi connectivity index (χ2n) is 5.47. The van der Waals surface area contributed by atoms with Crippen molar-refractivity contribution in [1.29, 1.82) is 0 Å². The van der Waals surface area contributed by atoms with E-state index in [9.17, 15) is 4.79 Å². The average Bonchev–Trinajstić information content (AvgIpc) is 3.38. The number of carbonyl (C=O) groups is 1. The van der Waals surface area contributed by atoms with Gasteiger partial charge in [0.25, 0.3) is 5.91 Å². The fourth-order valence-corrected chi connectivity index (χ4v) is 2.74. The Hall–Kier alpha value is -2.46. The summed E-state index contributed by atoms with van der Waals surface area (Å²) in [5.41, 5.74) is 2.92. The lowest BCUT2D eigenvalue weighted by atomic mass is 9.85. The van der Waals surface area contributed by atoms with Crippen LogP contribution < -0.4 is 0 Å². The first-order valence-electron chi connectivity index (χ1n) is 7.32. The van der Waals surface area contributed by atoms with Gasteiger partial charge in [0.15, 0.2) is 0 Å². The lowest BCUT2D eigenvalue weighted by Crippen LogP contribution is -2.27. The van der Waals surface area contributed by atoms with E-state index in [0.29, 0.717) is 18.1 Å².